The second-order valence-corrected chi connectivity index (χ2v) is 6.96. The van der Waals surface area contributed by atoms with Crippen molar-refractivity contribution in [2.24, 2.45) is 0 Å². The van der Waals surface area contributed by atoms with Crippen molar-refractivity contribution in [3.05, 3.63) is 22.4 Å². The Morgan fingerprint density at radius 2 is 1.80 bits per heavy atom. The molecule has 0 aliphatic carbocycles. The van der Waals surface area contributed by atoms with E-state index in [0.717, 1.165) is 15.6 Å². The summed E-state index contributed by atoms with van der Waals surface area (Å²) in [4.78, 5) is 4.46. The minimum Gasteiger partial charge on any atom is -0.399 e. The number of hydrogen-bond donors (Lipinski definition) is 0. The molecule has 2 heterocycles. The van der Waals surface area contributed by atoms with Gasteiger partial charge in [0.2, 0.25) is 0 Å². The lowest BCUT2D eigenvalue weighted by atomic mass is 9.80. The first kappa shape index (κ1) is 16.0. The average Bonchev–Trinajstić information content (AvgIpc) is 2.57. The summed E-state index contributed by atoms with van der Waals surface area (Å²) in [5.74, 6) is 0. The maximum absolute atomic E-state index is 6.02. The SMILES string of the molecule is COC(C)c1ncc(B2OC(C)(C)C(C)(C)O2)cc1Br. The van der Waals surface area contributed by atoms with Crippen LogP contribution in [0.25, 0.3) is 0 Å². The molecule has 1 aliphatic rings. The molecule has 0 aromatic carbocycles. The summed E-state index contributed by atoms with van der Waals surface area (Å²) >= 11 is 3.54. The normalized spacial score (nSPS) is 22.1. The summed E-state index contributed by atoms with van der Waals surface area (Å²) in [6.45, 7) is 10.1. The van der Waals surface area contributed by atoms with Gasteiger partial charge in [0.1, 0.15) is 0 Å². The van der Waals surface area contributed by atoms with Crippen LogP contribution >= 0.6 is 15.9 Å². The van der Waals surface area contributed by atoms with Crippen LogP contribution in [0.1, 0.15) is 46.4 Å². The van der Waals surface area contributed by atoms with E-state index >= 15 is 0 Å². The summed E-state index contributed by atoms with van der Waals surface area (Å²) in [6.07, 6.45) is 1.73. The lowest BCUT2D eigenvalue weighted by Gasteiger charge is -2.32. The third-order valence-corrected chi connectivity index (χ3v) is 4.79. The van der Waals surface area contributed by atoms with Gasteiger partial charge in [-0.2, -0.15) is 0 Å². The van der Waals surface area contributed by atoms with Gasteiger partial charge in [0, 0.05) is 23.2 Å². The number of ether oxygens (including phenoxy) is 1. The van der Waals surface area contributed by atoms with Crippen LogP contribution in [0.3, 0.4) is 0 Å². The highest BCUT2D eigenvalue weighted by Gasteiger charge is 2.51. The predicted octanol–water partition coefficient (Wildman–Crippen LogP) is 2.85. The summed E-state index contributed by atoms with van der Waals surface area (Å²) < 4.78 is 18.2. The second kappa shape index (κ2) is 5.41. The Balaban J connectivity index is 2.26. The fraction of sp³-hybridized carbons (Fsp3) is 0.643. The number of aromatic nitrogens is 1. The first-order valence-electron chi connectivity index (χ1n) is 6.72. The van der Waals surface area contributed by atoms with Gasteiger partial charge in [-0.3, -0.25) is 4.98 Å². The smallest absolute Gasteiger partial charge is 0.399 e. The molecule has 1 unspecified atom stereocenters. The zero-order chi connectivity index (χ0) is 15.1. The van der Waals surface area contributed by atoms with E-state index in [-0.39, 0.29) is 17.3 Å². The molecule has 0 N–H and O–H groups in total. The van der Waals surface area contributed by atoms with Crippen molar-refractivity contribution >= 4 is 28.5 Å². The molecule has 1 aromatic rings. The zero-order valence-electron chi connectivity index (χ0n) is 12.9. The number of hydrogen-bond acceptors (Lipinski definition) is 4. The molecule has 110 valence electrons. The predicted molar refractivity (Wildman–Crippen MR) is 83.1 cm³/mol. The van der Waals surface area contributed by atoms with Gasteiger partial charge in [-0.25, -0.2) is 0 Å². The van der Waals surface area contributed by atoms with Crippen LogP contribution in [-0.4, -0.2) is 30.4 Å². The van der Waals surface area contributed by atoms with Gasteiger partial charge in [-0.1, -0.05) is 0 Å². The molecular weight excluding hydrogens is 321 g/mol. The summed E-state index contributed by atoms with van der Waals surface area (Å²) in [7, 11) is 1.27. The molecule has 4 nitrogen and oxygen atoms in total. The largest absolute Gasteiger partial charge is 0.496 e. The van der Waals surface area contributed by atoms with Crippen molar-refractivity contribution < 1.29 is 14.0 Å². The summed E-state index contributed by atoms with van der Waals surface area (Å²) in [5.41, 5.74) is 1.08. The van der Waals surface area contributed by atoms with E-state index in [4.69, 9.17) is 14.0 Å². The Labute approximate surface area is 129 Å². The third kappa shape index (κ3) is 2.79. The monoisotopic (exact) mass is 341 g/mol. The Kier molecular flexibility index (Phi) is 4.31. The van der Waals surface area contributed by atoms with Crippen molar-refractivity contribution in [3.63, 3.8) is 0 Å². The first-order valence-corrected chi connectivity index (χ1v) is 7.51. The van der Waals surface area contributed by atoms with Crippen molar-refractivity contribution in [1.29, 1.82) is 0 Å². The van der Waals surface area contributed by atoms with Crippen LogP contribution in [0.5, 0.6) is 0 Å². The Morgan fingerprint density at radius 3 is 2.25 bits per heavy atom. The van der Waals surface area contributed by atoms with Crippen molar-refractivity contribution in [3.8, 4) is 0 Å². The number of pyridine rings is 1. The lowest BCUT2D eigenvalue weighted by molar-refractivity contribution is 0.00578. The van der Waals surface area contributed by atoms with Crippen molar-refractivity contribution in [2.45, 2.75) is 51.9 Å². The number of halogens is 1. The maximum atomic E-state index is 6.02. The van der Waals surface area contributed by atoms with E-state index in [2.05, 4.69) is 20.9 Å². The van der Waals surface area contributed by atoms with Crippen molar-refractivity contribution in [2.75, 3.05) is 7.11 Å². The van der Waals surface area contributed by atoms with Crippen molar-refractivity contribution in [1.82, 2.24) is 4.98 Å². The van der Waals surface area contributed by atoms with E-state index in [1.807, 2.05) is 40.7 Å². The van der Waals surface area contributed by atoms with E-state index in [1.165, 1.54) is 0 Å². The second-order valence-electron chi connectivity index (χ2n) is 6.10. The first-order chi connectivity index (χ1) is 9.18. The van der Waals surface area contributed by atoms with Gasteiger partial charge < -0.3 is 14.0 Å². The van der Waals surface area contributed by atoms with E-state index in [9.17, 15) is 0 Å². The minimum absolute atomic E-state index is 0.0586. The standard InChI is InChI=1S/C14H21BBrNO3/c1-9(18-6)12-11(16)7-10(8-17-12)15-19-13(2,3)14(4,5)20-15/h7-9H,1-6H3. The molecule has 0 spiro atoms. The van der Waals surface area contributed by atoms with Crippen LogP contribution in [0.15, 0.2) is 16.7 Å². The fourth-order valence-electron chi connectivity index (χ4n) is 1.98. The van der Waals surface area contributed by atoms with E-state index in [1.54, 1.807) is 13.3 Å². The highest BCUT2D eigenvalue weighted by molar-refractivity contribution is 9.10. The molecule has 1 atom stereocenters. The van der Waals surface area contributed by atoms with Gasteiger partial charge >= 0.3 is 7.12 Å². The molecule has 0 bridgehead atoms. The Hall–Kier alpha value is -0.425. The third-order valence-electron chi connectivity index (χ3n) is 4.15. The fourth-order valence-corrected chi connectivity index (χ4v) is 2.67. The van der Waals surface area contributed by atoms with Gasteiger partial charge in [-0.05, 0) is 56.6 Å². The molecule has 20 heavy (non-hydrogen) atoms. The minimum atomic E-state index is -0.393. The van der Waals surface area contributed by atoms with Gasteiger partial charge in [0.15, 0.2) is 0 Å². The van der Waals surface area contributed by atoms with E-state index in [0.29, 0.717) is 0 Å². The highest BCUT2D eigenvalue weighted by atomic mass is 79.9. The summed E-state index contributed by atoms with van der Waals surface area (Å²) in [6, 6.07) is 1.99. The molecule has 1 aromatic heterocycles. The molecular formula is C14H21BBrNO3. The molecule has 0 saturated carbocycles. The topological polar surface area (TPSA) is 40.6 Å². The van der Waals surface area contributed by atoms with Gasteiger partial charge in [0.25, 0.3) is 0 Å². The quantitative estimate of drug-likeness (QED) is 0.793. The Bertz CT molecular complexity index is 491. The number of rotatable bonds is 3. The van der Waals surface area contributed by atoms with Crippen LogP contribution in [0, 0.1) is 0 Å². The van der Waals surface area contributed by atoms with Gasteiger partial charge in [-0.15, -0.1) is 0 Å². The maximum Gasteiger partial charge on any atom is 0.496 e. The molecule has 6 heteroatoms. The zero-order valence-corrected chi connectivity index (χ0v) is 14.4. The van der Waals surface area contributed by atoms with Crippen LogP contribution < -0.4 is 5.46 Å². The molecule has 0 radical (unpaired) electrons. The Morgan fingerprint density at radius 1 is 1.25 bits per heavy atom. The van der Waals surface area contributed by atoms with Crippen LogP contribution in [-0.2, 0) is 14.0 Å². The van der Waals surface area contributed by atoms with Gasteiger partial charge in [0.05, 0.1) is 23.0 Å². The molecule has 1 fully saturated rings. The van der Waals surface area contributed by atoms with Crippen LogP contribution in [0.4, 0.5) is 0 Å². The molecule has 2 rings (SSSR count). The van der Waals surface area contributed by atoms with E-state index < -0.39 is 7.12 Å². The molecule has 0 amide bonds. The number of methoxy groups -OCH3 is 1. The molecule has 1 saturated heterocycles. The summed E-state index contributed by atoms with van der Waals surface area (Å²) in [5, 5.41) is 0. The molecule has 1 aliphatic heterocycles. The highest BCUT2D eigenvalue weighted by Crippen LogP contribution is 2.36. The lowest BCUT2D eigenvalue weighted by Crippen LogP contribution is -2.41. The average molecular weight is 342 g/mol. The number of nitrogens with zero attached hydrogens (tertiary/aromatic N) is 1. The van der Waals surface area contributed by atoms with Crippen LogP contribution in [0.2, 0.25) is 0 Å².